The second kappa shape index (κ2) is 2.56. The Kier molecular flexibility index (Phi) is 1.57. The van der Waals surface area contributed by atoms with Gasteiger partial charge in [0.2, 0.25) is 0 Å². The van der Waals surface area contributed by atoms with Crippen molar-refractivity contribution in [1.82, 2.24) is 0 Å². The van der Waals surface area contributed by atoms with E-state index in [-0.39, 0.29) is 11.0 Å². The number of ether oxygens (including phenoxy) is 1. The lowest BCUT2D eigenvalue weighted by Crippen LogP contribution is -2.25. The van der Waals surface area contributed by atoms with Gasteiger partial charge in [-0.25, -0.2) is 0 Å². The minimum atomic E-state index is -0.107. The van der Waals surface area contributed by atoms with Crippen LogP contribution < -0.4 is 10.5 Å². The van der Waals surface area contributed by atoms with E-state index in [9.17, 15) is 0 Å². The summed E-state index contributed by atoms with van der Waals surface area (Å²) in [7, 11) is 0. The molecule has 0 amide bonds. The summed E-state index contributed by atoms with van der Waals surface area (Å²) in [5, 5.41) is 0. The first-order chi connectivity index (χ1) is 7.03. The quantitative estimate of drug-likeness (QED) is 0.759. The number of benzene rings is 1. The van der Waals surface area contributed by atoms with Gasteiger partial charge in [-0.2, -0.15) is 0 Å². The molecule has 1 fully saturated rings. The van der Waals surface area contributed by atoms with Crippen LogP contribution in [0.1, 0.15) is 31.4 Å². The third-order valence-electron chi connectivity index (χ3n) is 4.01. The number of hydrogen-bond donors (Lipinski definition) is 1. The van der Waals surface area contributed by atoms with Gasteiger partial charge >= 0.3 is 0 Å². The molecule has 2 aliphatic rings. The topological polar surface area (TPSA) is 35.2 Å². The smallest absolute Gasteiger partial charge is 0.122 e. The lowest BCUT2D eigenvalue weighted by molar-refractivity contribution is 0.356. The average Bonchev–Trinajstić information content (AvgIpc) is 2.61. The van der Waals surface area contributed by atoms with Crippen molar-refractivity contribution in [2.75, 3.05) is 6.61 Å². The van der Waals surface area contributed by atoms with E-state index in [1.54, 1.807) is 0 Å². The van der Waals surface area contributed by atoms with Crippen LogP contribution in [0.15, 0.2) is 18.2 Å². The van der Waals surface area contributed by atoms with Crippen molar-refractivity contribution >= 4 is 0 Å². The van der Waals surface area contributed by atoms with Crippen molar-refractivity contribution in [3.05, 3.63) is 29.3 Å². The molecule has 1 heterocycles. The van der Waals surface area contributed by atoms with E-state index in [1.165, 1.54) is 11.1 Å². The summed E-state index contributed by atoms with van der Waals surface area (Å²) in [5.41, 5.74) is 9.14. The largest absolute Gasteiger partial charge is 0.493 e. The first-order valence-corrected chi connectivity index (χ1v) is 5.58. The van der Waals surface area contributed by atoms with Crippen molar-refractivity contribution in [2.45, 2.75) is 32.2 Å². The SMILES string of the molecule is CC1(C)CC1(N)c1ccc2c(c1)CCO2. The molecule has 1 aromatic carbocycles. The van der Waals surface area contributed by atoms with Gasteiger partial charge in [-0.15, -0.1) is 0 Å². The molecule has 1 aliphatic heterocycles. The van der Waals surface area contributed by atoms with Gasteiger partial charge in [0.05, 0.1) is 6.61 Å². The molecule has 1 atom stereocenters. The summed E-state index contributed by atoms with van der Waals surface area (Å²) < 4.78 is 5.50. The number of fused-ring (bicyclic) bond motifs is 1. The number of rotatable bonds is 1. The third kappa shape index (κ3) is 1.14. The molecule has 0 spiro atoms. The van der Waals surface area contributed by atoms with Crippen LogP contribution >= 0.6 is 0 Å². The maximum absolute atomic E-state index is 6.40. The molecule has 1 unspecified atom stereocenters. The van der Waals surface area contributed by atoms with Gasteiger partial charge in [0, 0.05) is 12.0 Å². The van der Waals surface area contributed by atoms with Gasteiger partial charge in [-0.1, -0.05) is 26.0 Å². The summed E-state index contributed by atoms with van der Waals surface area (Å²) in [5.74, 6) is 1.04. The molecule has 1 aliphatic carbocycles. The Bertz CT molecular complexity index is 425. The zero-order valence-corrected chi connectivity index (χ0v) is 9.34. The molecule has 0 aromatic heterocycles. The fourth-order valence-electron chi connectivity index (χ4n) is 2.61. The van der Waals surface area contributed by atoms with Crippen molar-refractivity contribution in [1.29, 1.82) is 0 Å². The Morgan fingerprint density at radius 2 is 2.07 bits per heavy atom. The Labute approximate surface area is 90.4 Å². The lowest BCUT2D eigenvalue weighted by Gasteiger charge is -2.16. The van der Waals surface area contributed by atoms with E-state index in [2.05, 4.69) is 32.0 Å². The normalized spacial score (nSPS) is 30.9. The molecule has 0 radical (unpaired) electrons. The third-order valence-corrected chi connectivity index (χ3v) is 4.01. The summed E-state index contributed by atoms with van der Waals surface area (Å²) in [6, 6.07) is 6.43. The van der Waals surface area contributed by atoms with E-state index in [1.807, 2.05) is 0 Å². The second-order valence-electron chi connectivity index (χ2n) is 5.45. The highest BCUT2D eigenvalue weighted by atomic mass is 16.5. The van der Waals surface area contributed by atoms with Crippen molar-refractivity contribution in [3.8, 4) is 5.75 Å². The molecule has 2 heteroatoms. The molecule has 15 heavy (non-hydrogen) atoms. The molecule has 0 saturated heterocycles. The maximum atomic E-state index is 6.40. The Morgan fingerprint density at radius 3 is 2.73 bits per heavy atom. The van der Waals surface area contributed by atoms with E-state index < -0.39 is 0 Å². The fraction of sp³-hybridized carbons (Fsp3) is 0.538. The molecule has 1 saturated carbocycles. The van der Waals surface area contributed by atoms with Crippen LogP contribution in [0.5, 0.6) is 5.75 Å². The molecule has 0 bridgehead atoms. The van der Waals surface area contributed by atoms with Crippen LogP contribution in [0.3, 0.4) is 0 Å². The monoisotopic (exact) mass is 203 g/mol. The minimum absolute atomic E-state index is 0.107. The molecular weight excluding hydrogens is 186 g/mol. The first-order valence-electron chi connectivity index (χ1n) is 5.58. The predicted molar refractivity (Wildman–Crippen MR) is 59.9 cm³/mol. The van der Waals surface area contributed by atoms with Crippen molar-refractivity contribution < 1.29 is 4.74 Å². The predicted octanol–water partition coefficient (Wildman–Crippen LogP) is 2.21. The van der Waals surface area contributed by atoms with Crippen LogP contribution in [0.4, 0.5) is 0 Å². The van der Waals surface area contributed by atoms with Gasteiger partial charge in [-0.05, 0) is 29.0 Å². The van der Waals surface area contributed by atoms with Gasteiger partial charge in [0.15, 0.2) is 0 Å². The number of nitrogens with two attached hydrogens (primary N) is 1. The highest BCUT2D eigenvalue weighted by Crippen LogP contribution is 2.60. The molecule has 80 valence electrons. The van der Waals surface area contributed by atoms with Crippen LogP contribution in [0.2, 0.25) is 0 Å². The van der Waals surface area contributed by atoms with E-state index in [0.717, 1.165) is 25.2 Å². The maximum Gasteiger partial charge on any atom is 0.122 e. The molecule has 1 aromatic rings. The van der Waals surface area contributed by atoms with Crippen molar-refractivity contribution in [3.63, 3.8) is 0 Å². The van der Waals surface area contributed by atoms with E-state index in [0.29, 0.717) is 0 Å². The Balaban J connectivity index is 2.01. The van der Waals surface area contributed by atoms with Gasteiger partial charge in [0.1, 0.15) is 5.75 Å². The Morgan fingerprint density at radius 1 is 1.33 bits per heavy atom. The second-order valence-corrected chi connectivity index (χ2v) is 5.45. The van der Waals surface area contributed by atoms with Gasteiger partial charge < -0.3 is 10.5 Å². The molecule has 2 nitrogen and oxygen atoms in total. The van der Waals surface area contributed by atoms with Crippen LogP contribution in [-0.4, -0.2) is 6.61 Å². The van der Waals surface area contributed by atoms with Crippen LogP contribution in [0, 0.1) is 5.41 Å². The van der Waals surface area contributed by atoms with Gasteiger partial charge in [-0.3, -0.25) is 0 Å². The summed E-state index contributed by atoms with van der Waals surface area (Å²) in [6.07, 6.45) is 2.11. The fourth-order valence-corrected chi connectivity index (χ4v) is 2.61. The highest BCUT2D eigenvalue weighted by molar-refractivity contribution is 5.45. The minimum Gasteiger partial charge on any atom is -0.493 e. The van der Waals surface area contributed by atoms with Gasteiger partial charge in [0.25, 0.3) is 0 Å². The van der Waals surface area contributed by atoms with Crippen LogP contribution in [-0.2, 0) is 12.0 Å². The van der Waals surface area contributed by atoms with Crippen molar-refractivity contribution in [2.24, 2.45) is 11.1 Å². The van der Waals surface area contributed by atoms with E-state index >= 15 is 0 Å². The summed E-state index contributed by atoms with van der Waals surface area (Å²) in [4.78, 5) is 0. The first kappa shape index (κ1) is 9.22. The lowest BCUT2D eigenvalue weighted by atomic mass is 9.95. The van der Waals surface area contributed by atoms with E-state index in [4.69, 9.17) is 10.5 Å². The molecule has 3 rings (SSSR count). The van der Waals surface area contributed by atoms with Crippen LogP contribution in [0.25, 0.3) is 0 Å². The zero-order valence-electron chi connectivity index (χ0n) is 9.34. The molecule has 2 N–H and O–H groups in total. The number of hydrogen-bond acceptors (Lipinski definition) is 2. The summed E-state index contributed by atoms with van der Waals surface area (Å²) in [6.45, 7) is 5.28. The molecular formula is C13H17NO. The summed E-state index contributed by atoms with van der Waals surface area (Å²) >= 11 is 0. The highest BCUT2D eigenvalue weighted by Gasteiger charge is 2.59. The standard InChI is InChI=1S/C13H17NO/c1-12(2)8-13(12,14)10-3-4-11-9(7-10)5-6-15-11/h3-4,7H,5-6,8,14H2,1-2H3. The average molecular weight is 203 g/mol. The zero-order chi connectivity index (χ0) is 10.7. The Hall–Kier alpha value is -1.02.